The molecule has 6 aromatic carbocycles. The summed E-state index contributed by atoms with van der Waals surface area (Å²) in [5.41, 5.74) is 26.3. The normalized spacial score (nSPS) is 19.9. The van der Waals surface area contributed by atoms with E-state index in [1.165, 1.54) is 102 Å². The second-order valence-electron chi connectivity index (χ2n) is 32.4. The SMILES string of the molecule is CC(=O)OOC(C)=O.CC(C)(C)OC(=O)N1C2CCC1CC(c1ccc(N)cc1)=C(COc1ccc3c(c1)C(=O)CC3)C2.CCC=O.CCCN1C2CCC1CC(c1ccc(N(C)C)cc1)=C(COc1ccc3c(c1)C(=O)CC3)C2.CN(C)c1ccc(C2=C(COc3ccc4c(c3)C(=O)CC4)CC3CCC(C2)N3)cc1.[B-]OC(C)=O.[Na+]. The summed E-state index contributed by atoms with van der Waals surface area (Å²) in [5.74, 6) is 1.27. The number of nitrogens with zero attached hydrogens (tertiary/aromatic N) is 4. The van der Waals surface area contributed by atoms with Crippen LogP contribution in [0.3, 0.4) is 0 Å². The number of amides is 1. The molecule has 6 atom stereocenters. The van der Waals surface area contributed by atoms with Crippen LogP contribution < -0.4 is 64.6 Å². The summed E-state index contributed by atoms with van der Waals surface area (Å²) in [6.07, 6.45) is 19.6. The number of aldehydes is 1. The summed E-state index contributed by atoms with van der Waals surface area (Å²) < 4.78 is 28.3. The van der Waals surface area contributed by atoms with Crippen molar-refractivity contribution in [2.24, 2.45) is 0 Å². The number of nitrogens with one attached hydrogen (secondary N) is 1. The third kappa shape index (κ3) is 24.9. The molecule has 6 aliphatic heterocycles. The van der Waals surface area contributed by atoms with Crippen LogP contribution in [-0.4, -0.2) is 162 Å². The van der Waals surface area contributed by atoms with Crippen LogP contribution in [0.15, 0.2) is 144 Å². The van der Waals surface area contributed by atoms with Gasteiger partial charge in [0, 0.05) is 145 Å². The van der Waals surface area contributed by atoms with E-state index in [0.717, 1.165) is 147 Å². The Hall–Kier alpha value is -9.32. The molecule has 23 heteroatoms. The number of carbonyl (C=O) groups is 8. The van der Waals surface area contributed by atoms with Gasteiger partial charge in [-0.05, 0) is 270 Å². The van der Waals surface area contributed by atoms with Gasteiger partial charge in [-0.15, -0.1) is 0 Å². The fourth-order valence-electron chi connectivity index (χ4n) is 16.8. The van der Waals surface area contributed by atoms with Crippen molar-refractivity contribution in [1.82, 2.24) is 15.1 Å². The monoisotopic (exact) mass is 1590 g/mol. The minimum Gasteiger partial charge on any atom is -0.793 e. The Morgan fingerprint density at radius 3 is 1.23 bits per heavy atom. The Kier molecular flexibility index (Phi) is 33.4. The Morgan fingerprint density at radius 1 is 0.500 bits per heavy atom. The Balaban J connectivity index is 0.000000180. The van der Waals surface area contributed by atoms with Crippen LogP contribution in [0.1, 0.15) is 229 Å². The van der Waals surface area contributed by atoms with Crippen molar-refractivity contribution in [3.05, 3.63) is 194 Å². The molecule has 21 nitrogen and oxygen atoms in total. The maximum Gasteiger partial charge on any atom is 1.00 e. The number of rotatable bonds is 17. The molecule has 6 heterocycles. The second-order valence-corrected chi connectivity index (χ2v) is 32.4. The van der Waals surface area contributed by atoms with Crippen molar-refractivity contribution in [3.8, 4) is 17.2 Å². The van der Waals surface area contributed by atoms with E-state index in [1.54, 1.807) is 0 Å². The molecule has 6 bridgehead atoms. The Bertz CT molecular complexity index is 4540. The van der Waals surface area contributed by atoms with Crippen molar-refractivity contribution in [2.75, 3.05) is 70.1 Å². The number of hydrogen-bond donors (Lipinski definition) is 2. The van der Waals surface area contributed by atoms with Crippen molar-refractivity contribution in [1.29, 1.82) is 0 Å². The van der Waals surface area contributed by atoms with Crippen LogP contribution in [0.2, 0.25) is 0 Å². The number of ether oxygens (including phenoxy) is 4. The zero-order chi connectivity index (χ0) is 82.6. The first-order chi connectivity index (χ1) is 55.1. The van der Waals surface area contributed by atoms with E-state index in [1.807, 2.05) is 87.2 Å². The van der Waals surface area contributed by atoms with Crippen LogP contribution in [-0.2, 0) is 57.6 Å². The van der Waals surface area contributed by atoms with Gasteiger partial charge in [-0.3, -0.25) is 24.1 Å². The minimum atomic E-state index is -0.639. The van der Waals surface area contributed by atoms with E-state index >= 15 is 0 Å². The van der Waals surface area contributed by atoms with Gasteiger partial charge in [0.05, 0.1) is 0 Å². The standard InChI is InChI=1S/C29H34N2O4.C29H36N2O2.C26H30N2O2.C4H6O4.C3H6O.C2H3BO2.Na/c1-29(2,3)35-28(33)31-22-10-11-23(31)15-25(18-4-8-21(30)9-5-18)20(14-22)17-34-24-12-6-19-7-13-27(32)26(19)16-24;1-4-15-31-24-11-12-25(31)17-27(20-5-9-23(10-6-20)30(2)3)22(16-24)19-33-26-13-7-21-8-14-29(32)28(21)18-26;1-28(2)22-9-3-17(4-10-22)24-14-21-8-7-20(27-21)13-19(24)16-30-23-11-5-18-6-12-26(29)25(18)15-23;1-3(5)7-8-4(2)6;1-2-3-4;1-2(4)5-3;/h4-6,8-9,12,16,22-23H,7,10-11,13-15,17,30H2,1-3H3;5-7,9-10,13,18,24-25H,4,8,11-12,14-17,19H2,1-3H3;3-5,9-11,15,20-21,27H,6-8,12-14,16H2,1-2H3;1-2H3;3H,2H2,1H3;1H3;/q;;;;;-1;+1. The number of ketones is 3. The van der Waals surface area contributed by atoms with Crippen LogP contribution >= 0.6 is 0 Å². The largest absolute Gasteiger partial charge is 1.00 e. The first-order valence-corrected chi connectivity index (χ1v) is 40.7. The fraction of sp³-hybridized carbons (Fsp3) is 0.462. The number of nitrogens with two attached hydrogens (primary N) is 1. The smallest absolute Gasteiger partial charge is 0.793 e. The average molecular weight is 1590 g/mol. The molecular formula is C93H115BN6NaO15. The van der Waals surface area contributed by atoms with E-state index in [4.69, 9.17) is 24.7 Å². The molecule has 3 aliphatic carbocycles. The summed E-state index contributed by atoms with van der Waals surface area (Å²) >= 11 is 0. The van der Waals surface area contributed by atoms with Crippen LogP contribution in [0.25, 0.3) is 16.7 Å². The van der Waals surface area contributed by atoms with Gasteiger partial charge in [0.1, 0.15) is 49.0 Å². The maximum atomic E-state index is 13.1. The van der Waals surface area contributed by atoms with Crippen LogP contribution in [0.4, 0.5) is 21.9 Å². The average Bonchev–Trinajstić information content (AvgIpc) is 1.64. The van der Waals surface area contributed by atoms with Crippen molar-refractivity contribution < 1.29 is 101 Å². The molecule has 9 aliphatic rings. The van der Waals surface area contributed by atoms with Gasteiger partial charge in [0.2, 0.25) is 5.97 Å². The zero-order valence-corrected chi connectivity index (χ0v) is 72.2. The number of anilines is 3. The third-order valence-corrected chi connectivity index (χ3v) is 22.5. The predicted molar refractivity (Wildman–Crippen MR) is 451 cm³/mol. The molecule has 1 amide bonds. The van der Waals surface area contributed by atoms with E-state index in [9.17, 15) is 38.4 Å². The molecule has 0 spiro atoms. The number of hydrogen-bond acceptors (Lipinski definition) is 20. The maximum absolute atomic E-state index is 13.1. The summed E-state index contributed by atoms with van der Waals surface area (Å²) in [4.78, 5) is 105. The molecule has 116 heavy (non-hydrogen) atoms. The Morgan fingerprint density at radius 2 is 0.853 bits per heavy atom. The molecule has 3 radical (unpaired) electrons. The number of aryl methyl sites for hydroxylation is 3. The predicted octanol–water partition coefficient (Wildman–Crippen LogP) is 13.4. The molecule has 6 aromatic rings. The molecule has 6 unspecified atom stereocenters. The number of Topliss-reactive ketones (excluding diaryl/α,β-unsaturated/α-hetero) is 3. The van der Waals surface area contributed by atoms with Crippen LogP contribution in [0.5, 0.6) is 17.2 Å². The molecule has 611 valence electrons. The van der Waals surface area contributed by atoms with Gasteiger partial charge in [-0.25, -0.2) is 24.2 Å². The summed E-state index contributed by atoms with van der Waals surface area (Å²) in [7, 11) is 12.6. The minimum absolute atomic E-state index is 0. The van der Waals surface area contributed by atoms with Crippen molar-refractivity contribution in [3.63, 3.8) is 0 Å². The summed E-state index contributed by atoms with van der Waals surface area (Å²) in [5, 5.41) is 3.80. The third-order valence-electron chi connectivity index (χ3n) is 22.5. The van der Waals surface area contributed by atoms with Gasteiger partial charge in [-0.2, -0.15) is 0 Å². The molecular weight excluding hydrogens is 1470 g/mol. The van der Waals surface area contributed by atoms with Crippen molar-refractivity contribution in [2.45, 2.75) is 226 Å². The number of benzene rings is 6. The zero-order valence-electron chi connectivity index (χ0n) is 70.2. The molecule has 3 fully saturated rings. The van der Waals surface area contributed by atoms with E-state index in [-0.39, 0.29) is 65.1 Å². The second kappa shape index (κ2) is 42.7. The van der Waals surface area contributed by atoms with Gasteiger partial charge >= 0.3 is 47.6 Å². The van der Waals surface area contributed by atoms with Gasteiger partial charge in [-0.1, -0.05) is 68.4 Å². The van der Waals surface area contributed by atoms with Crippen molar-refractivity contribution >= 4 is 89.5 Å². The molecule has 0 saturated carbocycles. The molecule has 0 aromatic heterocycles. The summed E-state index contributed by atoms with van der Waals surface area (Å²) in [6.45, 7) is 16.1. The first kappa shape index (κ1) is 90.6. The molecule has 3 N–H and O–H groups in total. The Labute approximate surface area is 708 Å². The number of nitrogen functional groups attached to an aromatic ring is 1. The first-order valence-electron chi connectivity index (χ1n) is 40.7. The molecule has 3 saturated heterocycles. The van der Waals surface area contributed by atoms with Crippen LogP contribution in [0, 0.1) is 0 Å². The van der Waals surface area contributed by atoms with Gasteiger partial charge in [0.25, 0.3) is 0 Å². The van der Waals surface area contributed by atoms with E-state index in [2.05, 4.69) is 150 Å². The molecule has 15 rings (SSSR count). The number of carbonyl (C=O) groups excluding carboxylic acids is 8. The topological polar surface area (TPSA) is 252 Å². The van der Waals surface area contributed by atoms with Gasteiger partial charge < -0.3 is 62.2 Å². The van der Waals surface area contributed by atoms with Gasteiger partial charge in [0.15, 0.2) is 17.3 Å². The fourth-order valence-corrected chi connectivity index (χ4v) is 16.8. The number of fused-ring (bicyclic) bond motifs is 9. The quantitative estimate of drug-likeness (QED) is 0.0283. The summed E-state index contributed by atoms with van der Waals surface area (Å²) in [6, 6.07) is 46.3. The van der Waals surface area contributed by atoms with E-state index < -0.39 is 23.5 Å². The van der Waals surface area contributed by atoms with E-state index in [0.29, 0.717) is 75.4 Å².